The van der Waals surface area contributed by atoms with Crippen molar-refractivity contribution in [2.75, 3.05) is 0 Å². The van der Waals surface area contributed by atoms with E-state index in [4.69, 9.17) is 19.4 Å². The van der Waals surface area contributed by atoms with Crippen molar-refractivity contribution in [3.8, 4) is 51.0 Å². The second-order valence-corrected chi connectivity index (χ2v) is 15.4. The molecular formula is C51H30N4OS. The highest BCUT2D eigenvalue weighted by atomic mass is 32.1. The molecule has 0 aliphatic carbocycles. The Hall–Kier alpha value is -7.41. The normalized spacial score (nSPS) is 11.9. The molecule has 8 aromatic carbocycles. The van der Waals surface area contributed by atoms with Crippen LogP contribution in [-0.2, 0) is 0 Å². The number of rotatable bonds is 5. The highest BCUT2D eigenvalue weighted by Gasteiger charge is 2.24. The molecule has 12 rings (SSSR count). The summed E-state index contributed by atoms with van der Waals surface area (Å²) in [4.78, 5) is 15.3. The number of para-hydroxylation sites is 1. The second kappa shape index (κ2) is 12.6. The van der Waals surface area contributed by atoms with E-state index in [1.807, 2.05) is 78.1 Å². The molecule has 12 aromatic rings. The summed E-state index contributed by atoms with van der Waals surface area (Å²) in [6.07, 6.45) is 0. The summed E-state index contributed by atoms with van der Waals surface area (Å²) >= 11 is 1.85. The Morgan fingerprint density at radius 1 is 0.439 bits per heavy atom. The van der Waals surface area contributed by atoms with E-state index in [-0.39, 0.29) is 0 Å². The molecule has 0 saturated heterocycles. The van der Waals surface area contributed by atoms with Gasteiger partial charge in [0, 0.05) is 53.7 Å². The van der Waals surface area contributed by atoms with Gasteiger partial charge in [0.2, 0.25) is 0 Å². The van der Waals surface area contributed by atoms with Crippen molar-refractivity contribution in [2.24, 2.45) is 0 Å². The van der Waals surface area contributed by atoms with Gasteiger partial charge in [-0.25, -0.2) is 15.0 Å². The molecule has 0 aliphatic rings. The van der Waals surface area contributed by atoms with Crippen LogP contribution in [0.1, 0.15) is 0 Å². The predicted octanol–water partition coefficient (Wildman–Crippen LogP) is 13.9. The van der Waals surface area contributed by atoms with Crippen molar-refractivity contribution in [1.82, 2.24) is 19.5 Å². The lowest BCUT2D eigenvalue weighted by Gasteiger charge is -2.12. The molecule has 57 heavy (non-hydrogen) atoms. The lowest BCUT2D eigenvalue weighted by atomic mass is 9.99. The fourth-order valence-corrected chi connectivity index (χ4v) is 9.71. The molecule has 4 aromatic heterocycles. The van der Waals surface area contributed by atoms with Crippen LogP contribution in [0, 0.1) is 0 Å². The molecule has 0 saturated carbocycles. The van der Waals surface area contributed by atoms with E-state index < -0.39 is 0 Å². The Morgan fingerprint density at radius 3 is 1.79 bits per heavy atom. The van der Waals surface area contributed by atoms with Gasteiger partial charge in [-0.2, -0.15) is 0 Å². The molecule has 0 radical (unpaired) electrons. The maximum absolute atomic E-state index is 7.07. The molecule has 0 spiro atoms. The minimum absolute atomic E-state index is 0.589. The Labute approximate surface area is 330 Å². The zero-order chi connectivity index (χ0) is 37.5. The van der Waals surface area contributed by atoms with Gasteiger partial charge in [0.1, 0.15) is 5.58 Å². The number of thiophene rings is 1. The molecule has 266 valence electrons. The van der Waals surface area contributed by atoms with Crippen molar-refractivity contribution in [2.45, 2.75) is 0 Å². The van der Waals surface area contributed by atoms with Crippen LogP contribution >= 0.6 is 11.3 Å². The fraction of sp³-hybridized carbons (Fsp3) is 0. The molecule has 0 fully saturated rings. The Balaban J connectivity index is 1.21. The molecule has 4 heterocycles. The van der Waals surface area contributed by atoms with Gasteiger partial charge >= 0.3 is 0 Å². The van der Waals surface area contributed by atoms with Gasteiger partial charge in [0.25, 0.3) is 0 Å². The fourth-order valence-electron chi connectivity index (χ4n) is 8.47. The van der Waals surface area contributed by atoms with E-state index in [0.29, 0.717) is 17.5 Å². The predicted molar refractivity (Wildman–Crippen MR) is 236 cm³/mol. The molecule has 6 heteroatoms. The van der Waals surface area contributed by atoms with Crippen LogP contribution in [0.3, 0.4) is 0 Å². The van der Waals surface area contributed by atoms with E-state index in [1.165, 1.54) is 36.5 Å². The summed E-state index contributed by atoms with van der Waals surface area (Å²) in [6.45, 7) is 0. The number of hydrogen-bond donors (Lipinski definition) is 0. The van der Waals surface area contributed by atoms with Crippen LogP contribution in [0.2, 0.25) is 0 Å². The topological polar surface area (TPSA) is 56.7 Å². The zero-order valence-electron chi connectivity index (χ0n) is 30.4. The first-order chi connectivity index (χ1) is 28.3. The lowest BCUT2D eigenvalue weighted by molar-refractivity contribution is 0.666. The van der Waals surface area contributed by atoms with Gasteiger partial charge in [-0.15, -0.1) is 11.3 Å². The van der Waals surface area contributed by atoms with Crippen LogP contribution in [0.5, 0.6) is 0 Å². The van der Waals surface area contributed by atoms with Crippen molar-refractivity contribution in [1.29, 1.82) is 0 Å². The molecule has 0 bridgehead atoms. The van der Waals surface area contributed by atoms with Gasteiger partial charge in [0.05, 0.1) is 21.4 Å². The third kappa shape index (κ3) is 4.98. The summed E-state index contributed by atoms with van der Waals surface area (Å²) in [5.41, 5.74) is 9.81. The van der Waals surface area contributed by atoms with E-state index in [1.54, 1.807) is 0 Å². The Kier molecular flexibility index (Phi) is 7.03. The van der Waals surface area contributed by atoms with Crippen molar-refractivity contribution < 1.29 is 4.42 Å². The number of furan rings is 1. The summed E-state index contributed by atoms with van der Waals surface area (Å²) < 4.78 is 12.0. The quantitative estimate of drug-likeness (QED) is 0.176. The smallest absolute Gasteiger partial charge is 0.164 e. The van der Waals surface area contributed by atoms with Crippen LogP contribution in [-0.4, -0.2) is 19.5 Å². The first-order valence-corrected chi connectivity index (χ1v) is 19.8. The maximum atomic E-state index is 7.07. The summed E-state index contributed by atoms with van der Waals surface area (Å²) in [7, 11) is 0. The molecule has 0 unspecified atom stereocenters. The van der Waals surface area contributed by atoms with Crippen molar-refractivity contribution in [3.05, 3.63) is 182 Å². The molecule has 5 nitrogen and oxygen atoms in total. The summed E-state index contributed by atoms with van der Waals surface area (Å²) in [5, 5.41) is 6.90. The molecule has 0 atom stereocenters. The third-order valence-electron chi connectivity index (χ3n) is 11.0. The second-order valence-electron chi connectivity index (χ2n) is 14.3. The Bertz CT molecular complexity index is 3460. The van der Waals surface area contributed by atoms with Crippen molar-refractivity contribution in [3.63, 3.8) is 0 Å². The SMILES string of the molecule is c1ccc(-c2cc(-n3c4ccccc4c4ccc5c6ccccc6sc5c43)c3oc4cccc(-c5nc(-c6ccccc6)nc(-c6ccccc6)n5)c4c3c2)cc1. The van der Waals surface area contributed by atoms with Gasteiger partial charge in [-0.05, 0) is 41.5 Å². The van der Waals surface area contributed by atoms with E-state index >= 15 is 0 Å². The highest BCUT2D eigenvalue weighted by Crippen LogP contribution is 2.46. The number of nitrogens with zero attached hydrogens (tertiary/aromatic N) is 4. The van der Waals surface area contributed by atoms with Crippen LogP contribution < -0.4 is 0 Å². The van der Waals surface area contributed by atoms with E-state index in [9.17, 15) is 0 Å². The maximum Gasteiger partial charge on any atom is 0.164 e. The summed E-state index contributed by atoms with van der Waals surface area (Å²) in [6, 6.07) is 63.6. The third-order valence-corrected chi connectivity index (χ3v) is 12.2. The minimum Gasteiger partial charge on any atom is -0.454 e. The zero-order valence-corrected chi connectivity index (χ0v) is 31.2. The number of fused-ring (bicyclic) bond motifs is 10. The number of aromatic nitrogens is 4. The number of hydrogen-bond acceptors (Lipinski definition) is 5. The largest absolute Gasteiger partial charge is 0.454 e. The van der Waals surface area contributed by atoms with Crippen LogP contribution in [0.4, 0.5) is 0 Å². The van der Waals surface area contributed by atoms with Gasteiger partial charge in [-0.3, -0.25) is 0 Å². The summed E-state index contributed by atoms with van der Waals surface area (Å²) in [5.74, 6) is 1.83. The molecule has 0 amide bonds. The van der Waals surface area contributed by atoms with Crippen molar-refractivity contribution >= 4 is 75.3 Å². The average molecular weight is 747 g/mol. The number of benzene rings is 8. The Morgan fingerprint density at radius 2 is 1.05 bits per heavy atom. The van der Waals surface area contributed by atoms with E-state index in [0.717, 1.165) is 61.0 Å². The van der Waals surface area contributed by atoms with Crippen LogP contribution in [0.25, 0.3) is 115 Å². The molecule has 0 N–H and O–H groups in total. The first kappa shape index (κ1) is 31.9. The molecule has 0 aliphatic heterocycles. The monoisotopic (exact) mass is 746 g/mol. The standard InChI is InChI=1S/C51H30N4OS/c1-4-15-31(16-5-1)34-29-40-45-39(51-53-49(32-17-6-2-7-18-32)52-50(54-51)33-19-8-3-9-20-33)23-14-25-43(45)56-47(40)42(30-34)55-41-24-12-10-21-35(41)37-27-28-38-36-22-11-13-26-44(36)57-48(38)46(37)55/h1-30H. The van der Waals surface area contributed by atoms with Gasteiger partial charge in [-0.1, -0.05) is 152 Å². The van der Waals surface area contributed by atoms with E-state index in [2.05, 4.69) is 120 Å². The average Bonchev–Trinajstić information content (AvgIpc) is 3.97. The lowest BCUT2D eigenvalue weighted by Crippen LogP contribution is -2.00. The van der Waals surface area contributed by atoms with Gasteiger partial charge < -0.3 is 8.98 Å². The highest BCUT2D eigenvalue weighted by molar-refractivity contribution is 7.26. The minimum atomic E-state index is 0.589. The van der Waals surface area contributed by atoms with Gasteiger partial charge in [0.15, 0.2) is 23.1 Å². The first-order valence-electron chi connectivity index (χ1n) is 19.0. The molecular weight excluding hydrogens is 717 g/mol. The van der Waals surface area contributed by atoms with Crippen LogP contribution in [0.15, 0.2) is 186 Å².